The Bertz CT molecular complexity index is 635. The molecular formula is C16H17NO3. The molecule has 0 amide bonds. The van der Waals surface area contributed by atoms with Gasteiger partial charge in [-0.15, -0.1) is 0 Å². The standard InChI is InChI=1S/C16H17NO3/c1-17(2)13-6-4-5-11(9-13)14-10-12(16(18)19)7-8-15(14)20-3/h4-10H,1-3H3,(H,18,19). The number of anilines is 1. The van der Waals surface area contributed by atoms with Crippen LogP contribution in [0.15, 0.2) is 42.5 Å². The molecule has 0 aliphatic carbocycles. The van der Waals surface area contributed by atoms with Gasteiger partial charge in [0.15, 0.2) is 0 Å². The summed E-state index contributed by atoms with van der Waals surface area (Å²) in [6.07, 6.45) is 0. The molecule has 0 aliphatic rings. The van der Waals surface area contributed by atoms with E-state index in [4.69, 9.17) is 9.84 Å². The van der Waals surface area contributed by atoms with E-state index < -0.39 is 5.97 Å². The average molecular weight is 271 g/mol. The predicted molar refractivity (Wildman–Crippen MR) is 79.7 cm³/mol. The van der Waals surface area contributed by atoms with Crippen molar-refractivity contribution >= 4 is 11.7 Å². The number of carboxylic acid groups (broad SMARTS) is 1. The van der Waals surface area contributed by atoms with Gasteiger partial charge >= 0.3 is 5.97 Å². The summed E-state index contributed by atoms with van der Waals surface area (Å²) in [5, 5.41) is 9.11. The van der Waals surface area contributed by atoms with Crippen LogP contribution >= 0.6 is 0 Å². The zero-order chi connectivity index (χ0) is 14.7. The Morgan fingerprint density at radius 2 is 1.90 bits per heavy atom. The van der Waals surface area contributed by atoms with Crippen LogP contribution in [-0.2, 0) is 0 Å². The first kappa shape index (κ1) is 13.9. The van der Waals surface area contributed by atoms with E-state index in [0.29, 0.717) is 5.75 Å². The van der Waals surface area contributed by atoms with E-state index in [-0.39, 0.29) is 5.56 Å². The van der Waals surface area contributed by atoms with Crippen molar-refractivity contribution in [3.63, 3.8) is 0 Å². The maximum atomic E-state index is 11.1. The summed E-state index contributed by atoms with van der Waals surface area (Å²) < 4.78 is 5.33. The van der Waals surface area contributed by atoms with Gasteiger partial charge in [-0.05, 0) is 35.9 Å². The summed E-state index contributed by atoms with van der Waals surface area (Å²) in [5.41, 5.74) is 2.99. The lowest BCUT2D eigenvalue weighted by atomic mass is 10.0. The third-order valence-corrected chi connectivity index (χ3v) is 3.12. The van der Waals surface area contributed by atoms with E-state index in [0.717, 1.165) is 16.8 Å². The SMILES string of the molecule is COc1ccc(C(=O)O)cc1-c1cccc(N(C)C)c1. The van der Waals surface area contributed by atoms with Gasteiger partial charge in [0, 0.05) is 25.3 Å². The van der Waals surface area contributed by atoms with Crippen molar-refractivity contribution < 1.29 is 14.6 Å². The lowest BCUT2D eigenvalue weighted by Crippen LogP contribution is -2.08. The zero-order valence-corrected chi connectivity index (χ0v) is 11.8. The van der Waals surface area contributed by atoms with Crippen LogP contribution in [0.1, 0.15) is 10.4 Å². The first-order valence-corrected chi connectivity index (χ1v) is 6.22. The molecule has 2 rings (SSSR count). The number of carbonyl (C=O) groups is 1. The van der Waals surface area contributed by atoms with Crippen LogP contribution in [0.2, 0.25) is 0 Å². The van der Waals surface area contributed by atoms with Gasteiger partial charge in [0.2, 0.25) is 0 Å². The van der Waals surface area contributed by atoms with Gasteiger partial charge < -0.3 is 14.7 Å². The van der Waals surface area contributed by atoms with Crippen LogP contribution in [0.25, 0.3) is 11.1 Å². The summed E-state index contributed by atoms with van der Waals surface area (Å²) in [4.78, 5) is 13.1. The van der Waals surface area contributed by atoms with E-state index in [9.17, 15) is 4.79 Å². The Morgan fingerprint density at radius 3 is 2.50 bits per heavy atom. The van der Waals surface area contributed by atoms with Gasteiger partial charge in [0.1, 0.15) is 5.75 Å². The fourth-order valence-corrected chi connectivity index (χ4v) is 2.02. The molecule has 0 atom stereocenters. The minimum absolute atomic E-state index is 0.246. The molecule has 0 heterocycles. The van der Waals surface area contributed by atoms with Crippen molar-refractivity contribution in [3.8, 4) is 16.9 Å². The van der Waals surface area contributed by atoms with Gasteiger partial charge in [-0.2, -0.15) is 0 Å². The monoisotopic (exact) mass is 271 g/mol. The molecule has 0 radical (unpaired) electrons. The molecule has 0 saturated carbocycles. The highest BCUT2D eigenvalue weighted by molar-refractivity contribution is 5.90. The largest absolute Gasteiger partial charge is 0.496 e. The Kier molecular flexibility index (Phi) is 3.94. The first-order chi connectivity index (χ1) is 9.52. The highest BCUT2D eigenvalue weighted by Gasteiger charge is 2.11. The van der Waals surface area contributed by atoms with Crippen molar-refractivity contribution in [2.24, 2.45) is 0 Å². The molecule has 1 N–H and O–H groups in total. The van der Waals surface area contributed by atoms with E-state index in [1.807, 2.05) is 43.3 Å². The minimum atomic E-state index is -0.947. The fraction of sp³-hybridized carbons (Fsp3) is 0.188. The Labute approximate surface area is 118 Å². The Morgan fingerprint density at radius 1 is 1.15 bits per heavy atom. The van der Waals surface area contributed by atoms with Crippen molar-refractivity contribution in [1.82, 2.24) is 0 Å². The number of aromatic carboxylic acids is 1. The van der Waals surface area contributed by atoms with Crippen LogP contribution in [0.4, 0.5) is 5.69 Å². The molecule has 2 aromatic rings. The van der Waals surface area contributed by atoms with Gasteiger partial charge in [0.25, 0.3) is 0 Å². The third-order valence-electron chi connectivity index (χ3n) is 3.12. The van der Waals surface area contributed by atoms with Crippen LogP contribution in [-0.4, -0.2) is 32.3 Å². The molecule has 0 aromatic heterocycles. The van der Waals surface area contributed by atoms with Gasteiger partial charge in [-0.25, -0.2) is 4.79 Å². The maximum Gasteiger partial charge on any atom is 0.335 e. The first-order valence-electron chi connectivity index (χ1n) is 6.22. The Hall–Kier alpha value is -2.49. The molecule has 104 valence electrons. The summed E-state index contributed by atoms with van der Waals surface area (Å²) in [5.74, 6) is -0.288. The number of hydrogen-bond donors (Lipinski definition) is 1. The topological polar surface area (TPSA) is 49.8 Å². The summed E-state index contributed by atoms with van der Waals surface area (Å²) >= 11 is 0. The second-order valence-electron chi connectivity index (χ2n) is 4.66. The highest BCUT2D eigenvalue weighted by atomic mass is 16.5. The van der Waals surface area contributed by atoms with Gasteiger partial charge in [-0.3, -0.25) is 0 Å². The zero-order valence-electron chi connectivity index (χ0n) is 11.8. The second kappa shape index (κ2) is 5.65. The number of ether oxygens (including phenoxy) is 1. The molecule has 0 bridgehead atoms. The molecular weight excluding hydrogens is 254 g/mol. The maximum absolute atomic E-state index is 11.1. The molecule has 0 unspecified atom stereocenters. The number of benzene rings is 2. The third kappa shape index (κ3) is 2.74. The molecule has 20 heavy (non-hydrogen) atoms. The van der Waals surface area contributed by atoms with Gasteiger partial charge in [-0.1, -0.05) is 12.1 Å². The smallest absolute Gasteiger partial charge is 0.335 e. The number of rotatable bonds is 4. The molecule has 0 aliphatic heterocycles. The van der Waals surface area contributed by atoms with E-state index in [2.05, 4.69) is 0 Å². The summed E-state index contributed by atoms with van der Waals surface area (Å²) in [6, 6.07) is 12.7. The second-order valence-corrected chi connectivity index (χ2v) is 4.66. The van der Waals surface area contributed by atoms with Crippen LogP contribution in [0, 0.1) is 0 Å². The molecule has 0 fully saturated rings. The van der Waals surface area contributed by atoms with Gasteiger partial charge in [0.05, 0.1) is 12.7 Å². The van der Waals surface area contributed by atoms with Crippen LogP contribution in [0.5, 0.6) is 5.75 Å². The molecule has 2 aromatic carbocycles. The summed E-state index contributed by atoms with van der Waals surface area (Å²) in [7, 11) is 5.50. The van der Waals surface area contributed by atoms with Crippen molar-refractivity contribution in [2.75, 3.05) is 26.1 Å². The normalized spacial score (nSPS) is 10.2. The van der Waals surface area contributed by atoms with Crippen molar-refractivity contribution in [3.05, 3.63) is 48.0 Å². The highest BCUT2D eigenvalue weighted by Crippen LogP contribution is 2.32. The average Bonchev–Trinajstić information content (AvgIpc) is 2.46. The van der Waals surface area contributed by atoms with E-state index >= 15 is 0 Å². The lowest BCUT2D eigenvalue weighted by molar-refractivity contribution is 0.0697. The minimum Gasteiger partial charge on any atom is -0.496 e. The number of nitrogens with zero attached hydrogens (tertiary/aromatic N) is 1. The fourth-order valence-electron chi connectivity index (χ4n) is 2.02. The van der Waals surface area contributed by atoms with Crippen molar-refractivity contribution in [1.29, 1.82) is 0 Å². The molecule has 4 nitrogen and oxygen atoms in total. The number of methoxy groups -OCH3 is 1. The van der Waals surface area contributed by atoms with Crippen LogP contribution in [0.3, 0.4) is 0 Å². The van der Waals surface area contributed by atoms with E-state index in [1.54, 1.807) is 25.3 Å². The quantitative estimate of drug-likeness (QED) is 0.928. The molecule has 0 saturated heterocycles. The van der Waals surface area contributed by atoms with E-state index in [1.165, 1.54) is 0 Å². The summed E-state index contributed by atoms with van der Waals surface area (Å²) in [6.45, 7) is 0. The molecule has 0 spiro atoms. The number of carboxylic acids is 1. The number of hydrogen-bond acceptors (Lipinski definition) is 3. The van der Waals surface area contributed by atoms with Crippen molar-refractivity contribution in [2.45, 2.75) is 0 Å². The van der Waals surface area contributed by atoms with Crippen LogP contribution < -0.4 is 9.64 Å². The molecule has 4 heteroatoms. The lowest BCUT2D eigenvalue weighted by Gasteiger charge is -2.15. The Balaban J connectivity index is 2.57. The predicted octanol–water partition coefficient (Wildman–Crippen LogP) is 3.13.